The first-order valence-electron chi connectivity index (χ1n) is 6.17. The van der Waals surface area contributed by atoms with Gasteiger partial charge in [-0.15, -0.1) is 33.2 Å². The molecule has 0 aliphatic heterocycles. The lowest BCUT2D eigenvalue weighted by atomic mass is 9.63. The highest BCUT2D eigenvalue weighted by Gasteiger charge is 2.66. The van der Waals surface area contributed by atoms with Crippen molar-refractivity contribution in [3.05, 3.63) is 12.2 Å². The molecule has 4 unspecified atom stereocenters. The molecule has 0 aromatic heterocycles. The molecule has 0 spiro atoms. The Morgan fingerprint density at radius 3 is 2.50 bits per heavy atom. The van der Waals surface area contributed by atoms with E-state index < -0.39 is 22.8 Å². The summed E-state index contributed by atoms with van der Waals surface area (Å²) in [4.78, 5) is 11.7. The van der Waals surface area contributed by atoms with Crippen molar-refractivity contribution in [2.45, 2.75) is 38.7 Å². The zero-order valence-corrected chi connectivity index (χ0v) is 13.7. The molecule has 4 atom stereocenters. The van der Waals surface area contributed by atoms with Crippen LogP contribution in [0.5, 0.6) is 0 Å². The molecule has 1 saturated carbocycles. The maximum Gasteiger partial charge on any atom is 0.345 e. The summed E-state index contributed by atoms with van der Waals surface area (Å²) in [5, 5.41) is 9.62. The smallest absolute Gasteiger partial charge is 0.345 e. The highest BCUT2D eigenvalue weighted by Crippen LogP contribution is 2.69. The predicted octanol–water partition coefficient (Wildman–Crippen LogP) is 4.48. The van der Waals surface area contributed by atoms with E-state index in [1.807, 2.05) is 19.9 Å². The fourth-order valence-electron chi connectivity index (χ4n) is 3.96. The Hall–Kier alpha value is 0.297. The molecule has 6 heteroatoms. The summed E-state index contributed by atoms with van der Waals surface area (Å²) in [7, 11) is 0. The monoisotopic (exact) mass is 326 g/mol. The van der Waals surface area contributed by atoms with Crippen LogP contribution in [0.15, 0.2) is 12.2 Å². The van der Waals surface area contributed by atoms with Gasteiger partial charge in [0.15, 0.2) is 0 Å². The van der Waals surface area contributed by atoms with E-state index in [-0.39, 0.29) is 5.54 Å². The van der Waals surface area contributed by atoms with Crippen molar-refractivity contribution in [3.8, 4) is 0 Å². The summed E-state index contributed by atoms with van der Waals surface area (Å²) < 4.78 is 0. The number of aliphatic carboxylic acids is 1. The van der Waals surface area contributed by atoms with Crippen molar-refractivity contribution in [1.29, 1.82) is 0 Å². The molecule has 2 aliphatic carbocycles. The summed E-state index contributed by atoms with van der Waals surface area (Å²) in [5.74, 6) is -0.447. The van der Waals surface area contributed by atoms with Gasteiger partial charge in [-0.3, -0.25) is 4.79 Å². The Labute approximate surface area is 122 Å². The number of allylic oxidation sites excluding steroid dienone is 2. The minimum Gasteiger partial charge on any atom is -0.481 e. The third-order valence-electron chi connectivity index (χ3n) is 4.86. The van der Waals surface area contributed by atoms with Crippen LogP contribution in [0, 0.1) is 16.7 Å². The lowest BCUT2D eigenvalue weighted by molar-refractivity contribution is -0.153. The summed E-state index contributed by atoms with van der Waals surface area (Å²) in [6.07, 6.45) is 6.32. The molecule has 1 N–H and O–H groups in total. The van der Waals surface area contributed by atoms with E-state index >= 15 is 0 Å². The number of carboxylic acid groups (broad SMARTS) is 1. The van der Waals surface area contributed by atoms with E-state index in [2.05, 4.69) is 6.08 Å². The maximum absolute atomic E-state index is 11.7. The van der Waals surface area contributed by atoms with Gasteiger partial charge in [0.25, 0.3) is 0 Å². The SMILES string of the molecule is CCC(C12C=CC(CC1(C)C(=O)O)C2)[Si](Cl)(Cl)Cl. The number of carbonyl (C=O) groups is 1. The zero-order valence-electron chi connectivity index (χ0n) is 10.4. The first-order valence-corrected chi connectivity index (χ1v) is 11.3. The second kappa shape index (κ2) is 4.40. The molecule has 0 aromatic rings. The van der Waals surface area contributed by atoms with Crippen molar-refractivity contribution >= 4 is 45.2 Å². The second-order valence-corrected chi connectivity index (χ2v) is 14.6. The minimum atomic E-state index is -2.95. The predicted molar refractivity (Wildman–Crippen MR) is 77.4 cm³/mol. The molecule has 0 aromatic carbocycles. The summed E-state index contributed by atoms with van der Waals surface area (Å²) in [5.41, 5.74) is -1.42. The Morgan fingerprint density at radius 2 is 2.11 bits per heavy atom. The van der Waals surface area contributed by atoms with Crippen LogP contribution in [0.25, 0.3) is 0 Å². The zero-order chi connectivity index (χ0) is 13.8. The van der Waals surface area contributed by atoms with Gasteiger partial charge in [-0.05, 0) is 25.7 Å². The Bertz CT molecular complexity index is 407. The average molecular weight is 328 g/mol. The van der Waals surface area contributed by atoms with Gasteiger partial charge in [-0.1, -0.05) is 25.5 Å². The molecule has 2 aliphatic rings. The van der Waals surface area contributed by atoms with Gasteiger partial charge in [-0.2, -0.15) is 0 Å². The van der Waals surface area contributed by atoms with Gasteiger partial charge in [0.2, 0.25) is 0 Å². The van der Waals surface area contributed by atoms with Gasteiger partial charge in [-0.25, -0.2) is 0 Å². The lowest BCUT2D eigenvalue weighted by Gasteiger charge is -2.46. The van der Waals surface area contributed by atoms with E-state index in [4.69, 9.17) is 33.2 Å². The maximum atomic E-state index is 11.7. The molecular weight excluding hydrogens is 311 g/mol. The highest BCUT2D eigenvalue weighted by molar-refractivity contribution is 7.65. The van der Waals surface area contributed by atoms with Crippen molar-refractivity contribution in [1.82, 2.24) is 0 Å². The number of hydrogen-bond donors (Lipinski definition) is 1. The summed E-state index contributed by atoms with van der Waals surface area (Å²) >= 11 is 18.7. The van der Waals surface area contributed by atoms with Gasteiger partial charge >= 0.3 is 12.0 Å². The van der Waals surface area contributed by atoms with Gasteiger partial charge in [0.1, 0.15) is 0 Å². The Balaban J connectivity index is 2.51. The van der Waals surface area contributed by atoms with Crippen LogP contribution in [-0.2, 0) is 4.79 Å². The number of fused-ring (bicyclic) bond motifs is 2. The van der Waals surface area contributed by atoms with Crippen LogP contribution in [0.4, 0.5) is 0 Å². The molecule has 0 amide bonds. The molecule has 2 rings (SSSR count). The fraction of sp³-hybridized carbons (Fsp3) is 0.750. The fourth-order valence-corrected chi connectivity index (χ4v) is 8.68. The van der Waals surface area contributed by atoms with Crippen LogP contribution >= 0.6 is 33.2 Å². The number of hydrogen-bond acceptors (Lipinski definition) is 1. The van der Waals surface area contributed by atoms with Crippen LogP contribution in [-0.4, -0.2) is 17.1 Å². The van der Waals surface area contributed by atoms with E-state index in [9.17, 15) is 9.90 Å². The quantitative estimate of drug-likeness (QED) is 0.469. The van der Waals surface area contributed by atoms with Crippen LogP contribution in [0.1, 0.15) is 33.1 Å². The third kappa shape index (κ3) is 1.86. The molecular formula is C12H17Cl3O2Si. The molecule has 0 saturated heterocycles. The molecule has 0 radical (unpaired) electrons. The molecule has 0 heterocycles. The van der Waals surface area contributed by atoms with Crippen LogP contribution in [0.3, 0.4) is 0 Å². The van der Waals surface area contributed by atoms with E-state index in [0.717, 1.165) is 6.42 Å². The van der Waals surface area contributed by atoms with Crippen molar-refractivity contribution in [2.24, 2.45) is 16.7 Å². The standard InChI is InChI=1S/C12H17Cl3O2Si/c1-3-9(18(13,14)15)12-5-4-8(7-12)6-11(12,2)10(16)17/h4-5,8-9H,3,6-7H2,1-2H3,(H,16,17). The average Bonchev–Trinajstić information content (AvgIpc) is 2.72. The van der Waals surface area contributed by atoms with Crippen molar-refractivity contribution < 1.29 is 9.90 Å². The lowest BCUT2D eigenvalue weighted by Crippen LogP contribution is -2.47. The van der Waals surface area contributed by atoms with Crippen molar-refractivity contribution in [2.75, 3.05) is 0 Å². The first-order chi connectivity index (χ1) is 8.17. The number of halogens is 3. The molecule has 2 bridgehead atoms. The first kappa shape index (κ1) is 14.7. The second-order valence-electron chi connectivity index (χ2n) is 5.71. The Kier molecular flexibility index (Phi) is 3.60. The number of carboxylic acids is 1. The third-order valence-corrected chi connectivity index (χ3v) is 8.95. The largest absolute Gasteiger partial charge is 0.481 e. The topological polar surface area (TPSA) is 37.3 Å². The van der Waals surface area contributed by atoms with E-state index in [0.29, 0.717) is 18.8 Å². The van der Waals surface area contributed by atoms with Gasteiger partial charge < -0.3 is 5.11 Å². The molecule has 18 heavy (non-hydrogen) atoms. The highest BCUT2D eigenvalue weighted by atomic mass is 35.8. The normalized spacial score (nSPS) is 40.2. The minimum absolute atomic E-state index is 0.139. The Morgan fingerprint density at radius 1 is 1.50 bits per heavy atom. The van der Waals surface area contributed by atoms with Gasteiger partial charge in [0, 0.05) is 11.0 Å². The van der Waals surface area contributed by atoms with Crippen LogP contribution < -0.4 is 0 Å². The number of rotatable bonds is 4. The van der Waals surface area contributed by atoms with Crippen LogP contribution in [0.2, 0.25) is 5.54 Å². The molecule has 1 fully saturated rings. The molecule has 2 nitrogen and oxygen atoms in total. The summed E-state index contributed by atoms with van der Waals surface area (Å²) in [6.45, 7) is 3.79. The van der Waals surface area contributed by atoms with Crippen molar-refractivity contribution in [3.63, 3.8) is 0 Å². The van der Waals surface area contributed by atoms with E-state index in [1.165, 1.54) is 0 Å². The summed E-state index contributed by atoms with van der Waals surface area (Å²) in [6, 6.07) is -2.95. The molecule has 102 valence electrons. The van der Waals surface area contributed by atoms with Gasteiger partial charge in [0.05, 0.1) is 5.41 Å². The van der Waals surface area contributed by atoms with E-state index in [1.54, 1.807) is 0 Å².